The Morgan fingerprint density at radius 2 is 0.562 bits per heavy atom. The van der Waals surface area contributed by atoms with E-state index in [1.54, 1.807) is 0 Å². The number of hydrogen-bond donors (Lipinski definition) is 2. The molecule has 0 aliphatic rings. The van der Waals surface area contributed by atoms with E-state index in [2.05, 4.69) is 180 Å². The van der Waals surface area contributed by atoms with Crippen molar-refractivity contribution >= 4 is 70.7 Å². The number of rotatable bonds is 15. The molecule has 0 heterocycles. The van der Waals surface area contributed by atoms with Gasteiger partial charge in [0, 0.05) is 24.5 Å². The highest BCUT2D eigenvalue weighted by atomic mass is 29.9. The maximum absolute atomic E-state index is 7.50. The maximum Gasteiger partial charge on any atom is 0.206 e. The van der Waals surface area contributed by atoms with Crippen LogP contribution in [0, 0.1) is 27.7 Å². The average molecular weight is 794 g/mol. The second-order valence-corrected chi connectivity index (χ2v) is 99.6. The summed E-state index contributed by atoms with van der Waals surface area (Å²) in [6.45, 7) is 53.4. The molecule has 0 atom stereocenters. The van der Waals surface area contributed by atoms with Crippen molar-refractivity contribution in [3.8, 4) is 11.5 Å². The van der Waals surface area contributed by atoms with Gasteiger partial charge in [0.1, 0.15) is 11.5 Å². The Morgan fingerprint density at radius 1 is 0.375 bits per heavy atom. The minimum Gasteiger partial charge on any atom is -0.552 e. The Morgan fingerprint density at radius 3 is 0.729 bits per heavy atom. The number of hydrogen-bond acceptors (Lipinski definition) is 4. The summed E-state index contributed by atoms with van der Waals surface area (Å²) in [4.78, 5) is 0. The highest BCUT2D eigenvalue weighted by Gasteiger charge is 2.66. The smallest absolute Gasteiger partial charge is 0.206 e. The lowest BCUT2D eigenvalue weighted by Gasteiger charge is -2.55. The number of nitrogens with one attached hydrogen (secondary N) is 2. The van der Waals surface area contributed by atoms with E-state index in [0.29, 0.717) is 0 Å². The molecule has 274 valence electrons. The van der Waals surface area contributed by atoms with Gasteiger partial charge in [-0.2, -0.15) is 0 Å². The van der Waals surface area contributed by atoms with Gasteiger partial charge in [-0.15, -0.1) is 0 Å². The maximum atomic E-state index is 7.50. The lowest BCUT2D eigenvalue weighted by molar-refractivity contribution is 0.585. The van der Waals surface area contributed by atoms with Crippen molar-refractivity contribution in [2.75, 3.05) is 23.7 Å². The second kappa shape index (κ2) is 14.4. The van der Waals surface area contributed by atoms with E-state index in [9.17, 15) is 0 Å². The molecule has 0 saturated heterocycles. The molecule has 0 aromatic heterocycles. The minimum atomic E-state index is -1.94. The van der Waals surface area contributed by atoms with Crippen LogP contribution in [-0.2, 0) is 0 Å². The Balaban J connectivity index is 2.29. The van der Waals surface area contributed by atoms with Gasteiger partial charge in [0.15, 0.2) is 0 Å². The van der Waals surface area contributed by atoms with Crippen molar-refractivity contribution < 1.29 is 8.85 Å². The SMILES string of the molecule is Cc1cc(O[Si]([Si](C)(C)C)([Si](C)(C)C)[Si](C)(C)C)cc(C)c1NCCNc1c(C)cc(O[Si]([Si](C)(C)C)([Si](C)(C)C)[Si](C)(C)C)cc1C. The Kier molecular flexibility index (Phi) is 13.1. The van der Waals surface area contributed by atoms with Crippen molar-refractivity contribution in [2.45, 2.75) is 146 Å². The van der Waals surface area contributed by atoms with E-state index in [0.717, 1.165) is 24.6 Å². The molecule has 0 bridgehead atoms. The van der Waals surface area contributed by atoms with Crippen LogP contribution in [0.5, 0.6) is 11.5 Å². The monoisotopic (exact) mass is 792 g/mol. The van der Waals surface area contributed by atoms with Crippen LogP contribution in [-0.4, -0.2) is 72.4 Å². The Labute approximate surface area is 305 Å². The third-order valence-electron chi connectivity index (χ3n) is 10.6. The van der Waals surface area contributed by atoms with Gasteiger partial charge in [-0.3, -0.25) is 0 Å². The zero-order valence-corrected chi connectivity index (χ0v) is 43.5. The highest BCUT2D eigenvalue weighted by molar-refractivity contribution is 7.88. The van der Waals surface area contributed by atoms with Crippen LogP contribution in [0.25, 0.3) is 0 Å². The minimum absolute atomic E-state index is 0.854. The summed E-state index contributed by atoms with van der Waals surface area (Å²) in [5, 5.41) is 7.55. The first-order valence-electron chi connectivity index (χ1n) is 18.3. The fourth-order valence-electron chi connectivity index (χ4n) is 10.9. The van der Waals surface area contributed by atoms with Gasteiger partial charge in [0.2, 0.25) is 13.7 Å². The fourth-order valence-corrected chi connectivity index (χ4v) is 197. The summed E-state index contributed by atoms with van der Waals surface area (Å²) in [7, 11) is -9.19. The number of anilines is 2. The summed E-state index contributed by atoms with van der Waals surface area (Å²) in [5.74, 6) is 2.23. The molecular weight excluding hydrogens is 717 g/mol. The van der Waals surface area contributed by atoms with Gasteiger partial charge in [-0.05, 0) is 74.2 Å². The third-order valence-corrected chi connectivity index (χ3v) is 145. The molecule has 0 fully saturated rings. The van der Waals surface area contributed by atoms with Crippen LogP contribution >= 0.6 is 0 Å². The number of aryl methyl sites for hydroxylation is 4. The van der Waals surface area contributed by atoms with E-state index in [4.69, 9.17) is 8.85 Å². The van der Waals surface area contributed by atoms with Crippen molar-refractivity contribution in [1.29, 1.82) is 0 Å². The fraction of sp³-hybridized carbons (Fsp3) is 0.667. The number of benzene rings is 2. The third kappa shape index (κ3) is 8.53. The van der Waals surface area contributed by atoms with Crippen molar-refractivity contribution in [3.63, 3.8) is 0 Å². The molecule has 2 aromatic carbocycles. The van der Waals surface area contributed by atoms with Crippen LogP contribution in [0.2, 0.25) is 118 Å². The molecule has 2 aromatic rings. The van der Waals surface area contributed by atoms with E-state index in [-0.39, 0.29) is 0 Å². The summed E-state index contributed by atoms with van der Waals surface area (Å²) in [5.41, 5.74) is 7.61. The first-order valence-corrected chi connectivity index (χ1v) is 49.1. The van der Waals surface area contributed by atoms with Crippen molar-refractivity contribution in [3.05, 3.63) is 46.5 Å². The highest BCUT2D eigenvalue weighted by Crippen LogP contribution is 2.41. The zero-order valence-electron chi connectivity index (χ0n) is 35.5. The molecule has 12 heteroatoms. The standard InChI is InChI=1S/C36H76N2O2Si8/c1-29-25-33(39-47(41(5,6)7,42(8,9)10)43(11,12)13)26-30(2)35(29)37-23-24-38-36-31(3)27-34(28-32(36)4)40-48(44(14,15)16,45(17,18)19)46(20,21)22/h25-28,37-38H,23-24H2,1-22H3. The molecule has 2 rings (SSSR count). The Hall–Kier alpha value is -0.625. The van der Waals surface area contributed by atoms with Crippen LogP contribution in [0.3, 0.4) is 0 Å². The Bertz CT molecular complexity index is 1210. The molecule has 48 heavy (non-hydrogen) atoms. The average Bonchev–Trinajstić information content (AvgIpc) is 2.81. The van der Waals surface area contributed by atoms with Crippen molar-refractivity contribution in [2.24, 2.45) is 0 Å². The molecule has 2 N–H and O–H groups in total. The summed E-state index contributed by atoms with van der Waals surface area (Å²) in [6.07, 6.45) is 0. The molecule has 0 saturated carbocycles. The van der Waals surface area contributed by atoms with Gasteiger partial charge in [0.05, 0.1) is 45.5 Å². The van der Waals surface area contributed by atoms with E-state index >= 15 is 0 Å². The predicted molar refractivity (Wildman–Crippen MR) is 242 cm³/mol. The summed E-state index contributed by atoms with van der Waals surface area (Å²) < 4.78 is 15.0. The van der Waals surface area contributed by atoms with Gasteiger partial charge in [0.25, 0.3) is 0 Å². The van der Waals surface area contributed by atoms with Crippen LogP contribution in [0.15, 0.2) is 24.3 Å². The second-order valence-electron chi connectivity index (χ2n) is 20.8. The first kappa shape index (κ1) is 43.5. The van der Waals surface area contributed by atoms with Gasteiger partial charge < -0.3 is 19.5 Å². The van der Waals surface area contributed by atoms with E-state index in [1.807, 2.05) is 0 Å². The van der Waals surface area contributed by atoms with E-state index < -0.39 is 59.3 Å². The van der Waals surface area contributed by atoms with Crippen LogP contribution in [0.1, 0.15) is 22.3 Å². The molecule has 0 spiro atoms. The molecule has 0 radical (unpaired) electrons. The zero-order chi connectivity index (χ0) is 37.7. The predicted octanol–water partition coefficient (Wildman–Crippen LogP) is 11.6. The quantitative estimate of drug-likeness (QED) is 0.139. The summed E-state index contributed by atoms with van der Waals surface area (Å²) in [6, 6.07) is 9.29. The van der Waals surface area contributed by atoms with Gasteiger partial charge in [-0.25, -0.2) is 0 Å². The molecular formula is C36H76N2O2Si8. The van der Waals surface area contributed by atoms with Crippen LogP contribution < -0.4 is 19.5 Å². The molecule has 4 nitrogen and oxygen atoms in total. The normalized spacial score (nSPS) is 14.2. The van der Waals surface area contributed by atoms with Crippen molar-refractivity contribution in [1.82, 2.24) is 0 Å². The first-order chi connectivity index (χ1) is 21.2. The topological polar surface area (TPSA) is 42.5 Å². The lowest BCUT2D eigenvalue weighted by Crippen LogP contribution is -2.86. The lowest BCUT2D eigenvalue weighted by atomic mass is 10.1. The summed E-state index contributed by atoms with van der Waals surface area (Å²) >= 11 is 0. The molecule has 0 unspecified atom stereocenters. The molecule has 0 amide bonds. The van der Waals surface area contributed by atoms with Gasteiger partial charge >= 0.3 is 0 Å². The molecule has 0 aliphatic heterocycles. The largest absolute Gasteiger partial charge is 0.552 e. The van der Waals surface area contributed by atoms with Gasteiger partial charge in [-0.1, -0.05) is 118 Å². The van der Waals surface area contributed by atoms with Crippen LogP contribution in [0.4, 0.5) is 11.4 Å². The molecule has 0 aliphatic carbocycles. The van der Waals surface area contributed by atoms with E-state index in [1.165, 1.54) is 33.6 Å².